The minimum atomic E-state index is -0.397. The van der Waals surface area contributed by atoms with Crippen molar-refractivity contribution in [3.63, 3.8) is 0 Å². The first kappa shape index (κ1) is 15.6. The normalized spacial score (nSPS) is 18.3. The lowest BCUT2D eigenvalue weighted by Crippen LogP contribution is -2.55. The molecule has 1 aliphatic rings. The van der Waals surface area contributed by atoms with E-state index >= 15 is 0 Å². The lowest BCUT2D eigenvalue weighted by atomic mass is 10.1. The summed E-state index contributed by atoms with van der Waals surface area (Å²) in [6.45, 7) is 2.83. The third-order valence-electron chi connectivity index (χ3n) is 3.66. The van der Waals surface area contributed by atoms with E-state index < -0.39 is 6.04 Å². The lowest BCUT2D eigenvalue weighted by molar-refractivity contribution is -0.142. The second-order valence-corrected chi connectivity index (χ2v) is 5.43. The van der Waals surface area contributed by atoms with Crippen molar-refractivity contribution in [2.75, 3.05) is 20.2 Å². The maximum absolute atomic E-state index is 12.2. The minimum absolute atomic E-state index is 0.00992. The molecule has 1 atom stereocenters. The molecule has 1 unspecified atom stereocenters. The van der Waals surface area contributed by atoms with Crippen LogP contribution in [-0.4, -0.2) is 43.0 Å². The number of nitrogens with one attached hydrogen (secondary N) is 1. The molecule has 1 aromatic rings. The van der Waals surface area contributed by atoms with Crippen LogP contribution in [0.2, 0.25) is 5.02 Å². The fraction of sp³-hybridized carbons (Fsp3) is 0.467. The fourth-order valence-corrected chi connectivity index (χ4v) is 2.66. The molecule has 0 radical (unpaired) electrons. The number of carbonyl (C=O) groups is 2. The van der Waals surface area contributed by atoms with Gasteiger partial charge in [-0.3, -0.25) is 9.59 Å². The molecular formula is C15H19ClN2O3. The summed E-state index contributed by atoms with van der Waals surface area (Å²) in [5.41, 5.74) is 0.975. The van der Waals surface area contributed by atoms with Gasteiger partial charge in [0, 0.05) is 19.5 Å². The first-order valence-electron chi connectivity index (χ1n) is 6.92. The first-order valence-corrected chi connectivity index (χ1v) is 7.30. The van der Waals surface area contributed by atoms with Crippen LogP contribution in [0.15, 0.2) is 18.2 Å². The molecule has 0 aromatic heterocycles. The van der Waals surface area contributed by atoms with Crippen LogP contribution in [-0.2, 0) is 16.0 Å². The van der Waals surface area contributed by atoms with E-state index in [0.29, 0.717) is 36.7 Å². The van der Waals surface area contributed by atoms with Crippen molar-refractivity contribution in [2.24, 2.45) is 0 Å². The zero-order valence-electron chi connectivity index (χ0n) is 12.2. The van der Waals surface area contributed by atoms with Gasteiger partial charge >= 0.3 is 0 Å². The molecule has 1 aromatic carbocycles. The summed E-state index contributed by atoms with van der Waals surface area (Å²) in [7, 11) is 1.56. The van der Waals surface area contributed by atoms with E-state index in [0.717, 1.165) is 5.56 Å². The van der Waals surface area contributed by atoms with E-state index in [2.05, 4.69) is 5.32 Å². The van der Waals surface area contributed by atoms with Crippen molar-refractivity contribution in [1.29, 1.82) is 0 Å². The maximum atomic E-state index is 12.2. The van der Waals surface area contributed by atoms with Gasteiger partial charge in [0.2, 0.25) is 11.8 Å². The second kappa shape index (κ2) is 6.80. The van der Waals surface area contributed by atoms with Crippen LogP contribution in [0.5, 0.6) is 5.75 Å². The summed E-state index contributed by atoms with van der Waals surface area (Å²) < 4.78 is 5.10. The second-order valence-electron chi connectivity index (χ2n) is 5.02. The average Bonchev–Trinajstić information content (AvgIpc) is 2.47. The van der Waals surface area contributed by atoms with Crippen LogP contribution in [0.3, 0.4) is 0 Å². The molecule has 1 saturated heterocycles. The predicted octanol–water partition coefficient (Wildman–Crippen LogP) is 1.63. The first-order chi connectivity index (χ1) is 10.0. The fourth-order valence-electron chi connectivity index (χ4n) is 2.38. The molecule has 1 fully saturated rings. The van der Waals surface area contributed by atoms with E-state index in [-0.39, 0.29) is 11.8 Å². The van der Waals surface area contributed by atoms with Crippen molar-refractivity contribution in [1.82, 2.24) is 10.2 Å². The van der Waals surface area contributed by atoms with Crippen molar-refractivity contribution in [3.05, 3.63) is 28.8 Å². The number of piperazine rings is 1. The van der Waals surface area contributed by atoms with Crippen LogP contribution in [0, 0.1) is 0 Å². The molecule has 0 aliphatic carbocycles. The SMILES string of the molecule is COc1ccc(CCC(=O)N2CCNC(=O)C2C)cc1Cl. The van der Waals surface area contributed by atoms with Gasteiger partial charge in [0.1, 0.15) is 11.8 Å². The number of benzene rings is 1. The third kappa shape index (κ3) is 3.67. The lowest BCUT2D eigenvalue weighted by Gasteiger charge is -2.32. The molecule has 2 amide bonds. The van der Waals surface area contributed by atoms with Crippen molar-refractivity contribution < 1.29 is 14.3 Å². The van der Waals surface area contributed by atoms with Crippen LogP contribution >= 0.6 is 11.6 Å². The highest BCUT2D eigenvalue weighted by Crippen LogP contribution is 2.25. The van der Waals surface area contributed by atoms with E-state index in [9.17, 15) is 9.59 Å². The van der Waals surface area contributed by atoms with E-state index in [1.807, 2.05) is 6.07 Å². The van der Waals surface area contributed by atoms with Gasteiger partial charge in [0.05, 0.1) is 12.1 Å². The molecule has 1 N–H and O–H groups in total. The van der Waals surface area contributed by atoms with Gasteiger partial charge in [-0.2, -0.15) is 0 Å². The summed E-state index contributed by atoms with van der Waals surface area (Å²) in [5, 5.41) is 3.28. The summed E-state index contributed by atoms with van der Waals surface area (Å²) in [5.74, 6) is 0.513. The topological polar surface area (TPSA) is 58.6 Å². The average molecular weight is 311 g/mol. The predicted molar refractivity (Wildman–Crippen MR) is 80.5 cm³/mol. The van der Waals surface area contributed by atoms with E-state index in [1.54, 1.807) is 31.1 Å². The minimum Gasteiger partial charge on any atom is -0.495 e. The molecular weight excluding hydrogens is 292 g/mol. The van der Waals surface area contributed by atoms with Gasteiger partial charge in [0.15, 0.2) is 0 Å². The van der Waals surface area contributed by atoms with Crippen molar-refractivity contribution in [3.8, 4) is 5.75 Å². The molecule has 1 heterocycles. The van der Waals surface area contributed by atoms with Gasteiger partial charge in [-0.1, -0.05) is 17.7 Å². The number of carbonyl (C=O) groups excluding carboxylic acids is 2. The number of ether oxygens (including phenoxy) is 1. The highest BCUT2D eigenvalue weighted by molar-refractivity contribution is 6.32. The van der Waals surface area contributed by atoms with E-state index in [1.165, 1.54) is 0 Å². The number of hydrogen-bond donors (Lipinski definition) is 1. The van der Waals surface area contributed by atoms with Crippen LogP contribution in [0.4, 0.5) is 0 Å². The number of amides is 2. The van der Waals surface area contributed by atoms with E-state index in [4.69, 9.17) is 16.3 Å². The highest BCUT2D eigenvalue weighted by atomic mass is 35.5. The molecule has 0 bridgehead atoms. The Morgan fingerprint density at radius 3 is 2.95 bits per heavy atom. The van der Waals surface area contributed by atoms with Crippen LogP contribution in [0.25, 0.3) is 0 Å². The molecule has 0 spiro atoms. The zero-order chi connectivity index (χ0) is 15.4. The molecule has 21 heavy (non-hydrogen) atoms. The summed E-state index contributed by atoms with van der Waals surface area (Å²) >= 11 is 6.06. The summed E-state index contributed by atoms with van der Waals surface area (Å²) in [6, 6.07) is 5.09. The number of halogens is 1. The van der Waals surface area contributed by atoms with Gasteiger partial charge in [-0.25, -0.2) is 0 Å². The van der Waals surface area contributed by atoms with Crippen molar-refractivity contribution >= 4 is 23.4 Å². The van der Waals surface area contributed by atoms with Crippen LogP contribution in [0.1, 0.15) is 18.9 Å². The quantitative estimate of drug-likeness (QED) is 0.919. The van der Waals surface area contributed by atoms with Crippen molar-refractivity contribution in [2.45, 2.75) is 25.8 Å². The third-order valence-corrected chi connectivity index (χ3v) is 3.96. The van der Waals surface area contributed by atoms with Gasteiger partial charge < -0.3 is 15.0 Å². The zero-order valence-corrected chi connectivity index (χ0v) is 12.9. The number of rotatable bonds is 4. The van der Waals surface area contributed by atoms with Gasteiger partial charge in [-0.15, -0.1) is 0 Å². The molecule has 2 rings (SSSR count). The number of nitrogens with zero attached hydrogens (tertiary/aromatic N) is 1. The molecule has 1 aliphatic heterocycles. The largest absolute Gasteiger partial charge is 0.495 e. The Labute approximate surface area is 129 Å². The summed E-state index contributed by atoms with van der Waals surface area (Å²) in [6.07, 6.45) is 0.952. The Balaban J connectivity index is 1.94. The maximum Gasteiger partial charge on any atom is 0.242 e. The Bertz CT molecular complexity index is 548. The standard InChI is InChI=1S/C15H19ClN2O3/c1-10-15(20)17-7-8-18(10)14(19)6-4-11-3-5-13(21-2)12(16)9-11/h3,5,9-10H,4,6-8H2,1-2H3,(H,17,20). The Hall–Kier alpha value is -1.75. The van der Waals surface area contributed by atoms with Crippen LogP contribution < -0.4 is 10.1 Å². The highest BCUT2D eigenvalue weighted by Gasteiger charge is 2.28. The molecule has 0 saturated carbocycles. The Kier molecular flexibility index (Phi) is 5.07. The molecule has 5 nitrogen and oxygen atoms in total. The Morgan fingerprint density at radius 2 is 2.29 bits per heavy atom. The van der Waals surface area contributed by atoms with Gasteiger partial charge in [-0.05, 0) is 31.0 Å². The smallest absolute Gasteiger partial charge is 0.242 e. The monoisotopic (exact) mass is 310 g/mol. The molecule has 114 valence electrons. The molecule has 6 heteroatoms. The Morgan fingerprint density at radius 1 is 1.52 bits per heavy atom. The number of methoxy groups -OCH3 is 1. The van der Waals surface area contributed by atoms with Gasteiger partial charge in [0.25, 0.3) is 0 Å². The summed E-state index contributed by atoms with van der Waals surface area (Å²) in [4.78, 5) is 25.4. The number of hydrogen-bond acceptors (Lipinski definition) is 3. The number of aryl methyl sites for hydroxylation is 1.